The van der Waals surface area contributed by atoms with Gasteiger partial charge in [0.15, 0.2) is 0 Å². The summed E-state index contributed by atoms with van der Waals surface area (Å²) in [4.78, 5) is 4.01. The lowest BCUT2D eigenvalue weighted by molar-refractivity contribution is 0.695. The number of aliphatic imine (C=N–C) groups is 1. The van der Waals surface area contributed by atoms with Gasteiger partial charge in [0.05, 0.1) is 10.8 Å². The third kappa shape index (κ3) is 1.71. The zero-order valence-electron chi connectivity index (χ0n) is 6.61. The van der Waals surface area contributed by atoms with Gasteiger partial charge < -0.3 is 0 Å². The Morgan fingerprint density at radius 2 is 2.23 bits per heavy atom. The van der Waals surface area contributed by atoms with Crippen LogP contribution in [0, 0.1) is 0 Å². The van der Waals surface area contributed by atoms with E-state index in [-0.39, 0.29) is 0 Å². The topological polar surface area (TPSA) is 29.4 Å². The zero-order valence-corrected chi connectivity index (χ0v) is 8.18. The first kappa shape index (κ1) is 8.66. The summed E-state index contributed by atoms with van der Waals surface area (Å²) in [6.45, 7) is 0. The van der Waals surface area contributed by atoms with E-state index in [0.29, 0.717) is 10.1 Å². The highest BCUT2D eigenvalue weighted by molar-refractivity contribution is 8.04. The van der Waals surface area contributed by atoms with Gasteiger partial charge in [-0.2, -0.15) is 0 Å². The minimum Gasteiger partial charge on any atom is -0.248 e. The van der Waals surface area contributed by atoms with Crippen molar-refractivity contribution >= 4 is 27.4 Å². The van der Waals surface area contributed by atoms with E-state index in [4.69, 9.17) is 11.6 Å². The van der Waals surface area contributed by atoms with E-state index in [1.807, 2.05) is 12.1 Å². The van der Waals surface area contributed by atoms with Crippen LogP contribution in [0.25, 0.3) is 0 Å². The van der Waals surface area contributed by atoms with Crippen molar-refractivity contribution in [3.63, 3.8) is 0 Å². The number of benzene rings is 1. The molecule has 1 atom stereocenters. The van der Waals surface area contributed by atoms with Gasteiger partial charge in [0.1, 0.15) is 5.04 Å². The van der Waals surface area contributed by atoms with Gasteiger partial charge in [0.25, 0.3) is 0 Å². The summed E-state index contributed by atoms with van der Waals surface area (Å²) in [5, 5.41) is 2.75. The highest BCUT2D eigenvalue weighted by atomic mass is 35.5. The molecule has 1 aromatic rings. The third-order valence-electron chi connectivity index (χ3n) is 1.64. The lowest BCUT2D eigenvalue weighted by atomic mass is 10.2. The monoisotopic (exact) mass is 211 g/mol. The van der Waals surface area contributed by atoms with E-state index in [1.54, 1.807) is 23.7 Å². The molecule has 1 aliphatic heterocycles. The van der Waals surface area contributed by atoms with Gasteiger partial charge in [-0.1, -0.05) is 23.7 Å². The van der Waals surface area contributed by atoms with E-state index >= 15 is 0 Å². The van der Waals surface area contributed by atoms with Crippen molar-refractivity contribution < 1.29 is 4.21 Å². The Morgan fingerprint density at radius 3 is 2.85 bits per heavy atom. The normalized spacial score (nSPS) is 20.4. The molecule has 13 heavy (non-hydrogen) atoms. The summed E-state index contributed by atoms with van der Waals surface area (Å²) in [6, 6.07) is 7.19. The minimum atomic E-state index is -1.11. The molecular weight excluding hydrogens is 206 g/mol. The van der Waals surface area contributed by atoms with Crippen molar-refractivity contribution in [1.29, 1.82) is 0 Å². The molecule has 0 spiro atoms. The smallest absolute Gasteiger partial charge is 0.138 e. The second-order valence-corrected chi connectivity index (χ2v) is 4.22. The molecule has 0 radical (unpaired) electrons. The fraction of sp³-hybridized carbons (Fsp3) is 0. The molecule has 1 unspecified atom stereocenters. The van der Waals surface area contributed by atoms with Crippen LogP contribution in [0.3, 0.4) is 0 Å². The minimum absolute atomic E-state index is 0.572. The van der Waals surface area contributed by atoms with Crippen molar-refractivity contribution in [2.45, 2.75) is 0 Å². The molecular formula is C9H6ClNOS. The van der Waals surface area contributed by atoms with E-state index in [2.05, 4.69) is 4.99 Å². The molecule has 0 amide bonds. The largest absolute Gasteiger partial charge is 0.248 e. The van der Waals surface area contributed by atoms with Crippen molar-refractivity contribution in [2.75, 3.05) is 0 Å². The molecule has 1 aliphatic rings. The van der Waals surface area contributed by atoms with Crippen LogP contribution < -0.4 is 0 Å². The molecule has 2 nitrogen and oxygen atoms in total. The van der Waals surface area contributed by atoms with Crippen molar-refractivity contribution in [3.05, 3.63) is 46.5 Å². The molecule has 0 aliphatic carbocycles. The van der Waals surface area contributed by atoms with E-state index in [1.165, 1.54) is 0 Å². The molecule has 1 aromatic carbocycles. The van der Waals surface area contributed by atoms with Gasteiger partial charge in [-0.3, -0.25) is 0 Å². The molecule has 0 fully saturated rings. The van der Waals surface area contributed by atoms with Crippen LogP contribution in [-0.4, -0.2) is 9.25 Å². The fourth-order valence-corrected chi connectivity index (χ4v) is 2.10. The van der Waals surface area contributed by atoms with E-state index in [9.17, 15) is 4.21 Å². The summed E-state index contributed by atoms with van der Waals surface area (Å²) in [5.41, 5.74) is 0.816. The first-order chi connectivity index (χ1) is 6.27. The first-order valence-corrected chi connectivity index (χ1v) is 5.27. The van der Waals surface area contributed by atoms with Gasteiger partial charge in [-0.15, -0.1) is 0 Å². The Kier molecular flexibility index (Phi) is 2.29. The Balaban J connectivity index is 2.42. The molecule has 0 bridgehead atoms. The first-order valence-electron chi connectivity index (χ1n) is 3.68. The molecule has 4 heteroatoms. The predicted octanol–water partition coefficient (Wildman–Crippen LogP) is 2.32. The van der Waals surface area contributed by atoms with Gasteiger partial charge in [0, 0.05) is 22.2 Å². The van der Waals surface area contributed by atoms with E-state index in [0.717, 1.165) is 5.56 Å². The van der Waals surface area contributed by atoms with Gasteiger partial charge >= 0.3 is 0 Å². The molecule has 66 valence electrons. The fourth-order valence-electron chi connectivity index (χ4n) is 1.08. The maximum atomic E-state index is 11.3. The third-order valence-corrected chi connectivity index (χ3v) is 2.96. The quantitative estimate of drug-likeness (QED) is 0.701. The number of nitrogens with zero attached hydrogens (tertiary/aromatic N) is 1. The van der Waals surface area contributed by atoms with Crippen LogP contribution >= 0.6 is 11.6 Å². The number of rotatable bonds is 1. The summed E-state index contributed by atoms with van der Waals surface area (Å²) in [7, 11) is -1.11. The van der Waals surface area contributed by atoms with Gasteiger partial charge in [-0.25, -0.2) is 9.20 Å². The van der Waals surface area contributed by atoms with Gasteiger partial charge in [0.2, 0.25) is 0 Å². The standard InChI is InChI=1S/C9H6ClNOS/c10-8-3-1-2-7(6-8)9-11-4-5-13(9)12/h1-6H. The summed E-state index contributed by atoms with van der Waals surface area (Å²) >= 11 is 5.80. The van der Waals surface area contributed by atoms with Crippen molar-refractivity contribution in [2.24, 2.45) is 4.99 Å². The average Bonchev–Trinajstić information content (AvgIpc) is 2.51. The Bertz CT molecular complexity index is 425. The second-order valence-electron chi connectivity index (χ2n) is 2.53. The highest BCUT2D eigenvalue weighted by Crippen LogP contribution is 2.15. The maximum absolute atomic E-state index is 11.3. The second kappa shape index (κ2) is 3.44. The summed E-state index contributed by atoms with van der Waals surface area (Å²) in [5.74, 6) is 0. The molecule has 1 heterocycles. The van der Waals surface area contributed by atoms with Crippen LogP contribution in [0.4, 0.5) is 0 Å². The maximum Gasteiger partial charge on any atom is 0.138 e. The Labute approximate surface area is 83.4 Å². The molecule has 0 saturated carbocycles. The van der Waals surface area contributed by atoms with E-state index < -0.39 is 10.8 Å². The molecule has 0 saturated heterocycles. The predicted molar refractivity (Wildman–Crippen MR) is 55.3 cm³/mol. The Morgan fingerprint density at radius 1 is 1.38 bits per heavy atom. The lowest BCUT2D eigenvalue weighted by Gasteiger charge is -1.98. The van der Waals surface area contributed by atoms with Gasteiger partial charge in [-0.05, 0) is 12.1 Å². The highest BCUT2D eigenvalue weighted by Gasteiger charge is 2.12. The SMILES string of the molecule is O=S1C=CN=C1c1cccc(Cl)c1. The summed E-state index contributed by atoms with van der Waals surface area (Å²) < 4.78 is 11.3. The average molecular weight is 212 g/mol. The molecule has 0 N–H and O–H groups in total. The number of halogens is 1. The zero-order chi connectivity index (χ0) is 9.26. The van der Waals surface area contributed by atoms with Crippen LogP contribution in [0.2, 0.25) is 5.02 Å². The molecule has 2 rings (SSSR count). The Hall–Kier alpha value is -0.930. The van der Waals surface area contributed by atoms with Crippen molar-refractivity contribution in [1.82, 2.24) is 0 Å². The van der Waals surface area contributed by atoms with Crippen molar-refractivity contribution in [3.8, 4) is 0 Å². The summed E-state index contributed by atoms with van der Waals surface area (Å²) in [6.07, 6.45) is 1.55. The number of hydrogen-bond donors (Lipinski definition) is 0. The van der Waals surface area contributed by atoms with Crippen LogP contribution in [0.5, 0.6) is 0 Å². The number of hydrogen-bond acceptors (Lipinski definition) is 2. The lowest BCUT2D eigenvalue weighted by Crippen LogP contribution is -2.02. The van der Waals surface area contributed by atoms with Crippen LogP contribution in [0.1, 0.15) is 5.56 Å². The van der Waals surface area contributed by atoms with Crippen LogP contribution in [-0.2, 0) is 10.8 Å². The molecule has 0 aromatic heterocycles. The van der Waals surface area contributed by atoms with Crippen LogP contribution in [0.15, 0.2) is 40.9 Å².